The van der Waals surface area contributed by atoms with Crippen molar-refractivity contribution < 1.29 is 19.1 Å². The Morgan fingerprint density at radius 2 is 1.71 bits per heavy atom. The Bertz CT molecular complexity index is 973. The maximum Gasteiger partial charge on any atom is 0.323 e. The number of rotatable bonds is 6. The van der Waals surface area contributed by atoms with Crippen molar-refractivity contribution in [3.8, 4) is 0 Å². The fourth-order valence-corrected chi connectivity index (χ4v) is 4.20. The van der Waals surface area contributed by atoms with E-state index in [4.69, 9.17) is 14.5 Å². The van der Waals surface area contributed by atoms with Crippen molar-refractivity contribution in [2.24, 2.45) is 5.92 Å². The van der Waals surface area contributed by atoms with Gasteiger partial charge in [-0.3, -0.25) is 9.59 Å². The number of carbonyl (C=O) groups is 2. The predicted molar refractivity (Wildman–Crippen MR) is 115 cm³/mol. The SMILES string of the molecule is Cc1nc(C)c2c(n1)N(CCCC1C(=O)OC(C)(C)OC1=O)CN2Cc1ccccc1. The number of benzene rings is 1. The summed E-state index contributed by atoms with van der Waals surface area (Å²) >= 11 is 0. The molecule has 164 valence electrons. The molecule has 0 aliphatic carbocycles. The number of hydrogen-bond acceptors (Lipinski definition) is 8. The number of nitrogens with zero attached hydrogens (tertiary/aromatic N) is 4. The average Bonchev–Trinajstić information content (AvgIpc) is 3.01. The number of cyclic esters (lactones) is 2. The number of ether oxygens (including phenoxy) is 2. The Labute approximate surface area is 182 Å². The third-order valence-electron chi connectivity index (χ3n) is 5.51. The fraction of sp³-hybridized carbons (Fsp3) is 0.478. The zero-order valence-corrected chi connectivity index (χ0v) is 18.4. The van der Waals surface area contributed by atoms with E-state index in [-0.39, 0.29) is 0 Å². The van der Waals surface area contributed by atoms with Crippen LogP contribution in [0.3, 0.4) is 0 Å². The fourth-order valence-electron chi connectivity index (χ4n) is 4.20. The Morgan fingerprint density at radius 3 is 2.39 bits per heavy atom. The molecule has 0 unspecified atom stereocenters. The van der Waals surface area contributed by atoms with Gasteiger partial charge in [0, 0.05) is 26.9 Å². The number of fused-ring (bicyclic) bond motifs is 1. The van der Waals surface area contributed by atoms with E-state index in [1.165, 1.54) is 5.56 Å². The number of esters is 2. The molecule has 3 heterocycles. The standard InChI is InChI=1S/C23H28N4O4/c1-15-19-20(25-16(2)24-15)26(14-27(19)13-17-9-6-5-7-10-17)12-8-11-18-21(28)30-23(3,4)31-22(18)29/h5-7,9-10,18H,8,11-14H2,1-4H3. The lowest BCUT2D eigenvalue weighted by atomic mass is 10.0. The van der Waals surface area contributed by atoms with Gasteiger partial charge in [0.25, 0.3) is 5.79 Å². The molecule has 1 fully saturated rings. The van der Waals surface area contributed by atoms with E-state index in [0.717, 1.165) is 29.6 Å². The molecule has 1 saturated heterocycles. The Balaban J connectivity index is 1.46. The summed E-state index contributed by atoms with van der Waals surface area (Å²) in [5.74, 6) is -1.46. The topological polar surface area (TPSA) is 84.9 Å². The lowest BCUT2D eigenvalue weighted by molar-refractivity contribution is -0.240. The molecule has 2 aliphatic rings. The van der Waals surface area contributed by atoms with Gasteiger partial charge >= 0.3 is 11.9 Å². The minimum absolute atomic E-state index is 0.376. The van der Waals surface area contributed by atoms with Gasteiger partial charge < -0.3 is 19.3 Å². The zero-order valence-electron chi connectivity index (χ0n) is 18.4. The van der Waals surface area contributed by atoms with Crippen LogP contribution in [0.1, 0.15) is 43.8 Å². The first kappa shape index (κ1) is 21.1. The van der Waals surface area contributed by atoms with Crippen molar-refractivity contribution in [1.82, 2.24) is 9.97 Å². The summed E-state index contributed by atoms with van der Waals surface area (Å²) < 4.78 is 10.5. The Morgan fingerprint density at radius 1 is 1.03 bits per heavy atom. The van der Waals surface area contributed by atoms with Crippen LogP contribution in [0.4, 0.5) is 11.5 Å². The molecule has 0 radical (unpaired) electrons. The largest absolute Gasteiger partial charge is 0.422 e. The zero-order chi connectivity index (χ0) is 22.2. The molecule has 2 aliphatic heterocycles. The molecule has 2 aromatic rings. The van der Waals surface area contributed by atoms with Gasteiger partial charge in [-0.2, -0.15) is 0 Å². The van der Waals surface area contributed by atoms with E-state index in [1.54, 1.807) is 13.8 Å². The van der Waals surface area contributed by atoms with Gasteiger partial charge in [-0.15, -0.1) is 0 Å². The highest BCUT2D eigenvalue weighted by Gasteiger charge is 2.43. The predicted octanol–water partition coefficient (Wildman–Crippen LogP) is 3.11. The second-order valence-electron chi connectivity index (χ2n) is 8.55. The van der Waals surface area contributed by atoms with Crippen molar-refractivity contribution in [3.63, 3.8) is 0 Å². The summed E-state index contributed by atoms with van der Waals surface area (Å²) in [7, 11) is 0. The summed E-state index contributed by atoms with van der Waals surface area (Å²) in [6.45, 7) is 9.11. The Kier molecular flexibility index (Phi) is 5.56. The molecule has 31 heavy (non-hydrogen) atoms. The molecule has 8 nitrogen and oxygen atoms in total. The van der Waals surface area contributed by atoms with Crippen LogP contribution in [0.25, 0.3) is 0 Å². The van der Waals surface area contributed by atoms with E-state index in [0.29, 0.717) is 26.1 Å². The van der Waals surface area contributed by atoms with Crippen LogP contribution in [0.2, 0.25) is 0 Å². The smallest absolute Gasteiger partial charge is 0.323 e. The highest BCUT2D eigenvalue weighted by Crippen LogP contribution is 2.37. The average molecular weight is 425 g/mol. The summed E-state index contributed by atoms with van der Waals surface area (Å²) in [6, 6.07) is 10.3. The molecule has 0 saturated carbocycles. The second-order valence-corrected chi connectivity index (χ2v) is 8.55. The molecule has 0 spiro atoms. The van der Waals surface area contributed by atoms with E-state index < -0.39 is 23.6 Å². The molecule has 1 aromatic heterocycles. The monoisotopic (exact) mass is 424 g/mol. The third-order valence-corrected chi connectivity index (χ3v) is 5.51. The number of aromatic nitrogens is 2. The van der Waals surface area contributed by atoms with Gasteiger partial charge in [0.05, 0.1) is 12.4 Å². The molecule has 0 atom stereocenters. The van der Waals surface area contributed by atoms with E-state index in [9.17, 15) is 9.59 Å². The normalized spacial score (nSPS) is 18.1. The molecule has 0 amide bonds. The molecular formula is C23H28N4O4. The van der Waals surface area contributed by atoms with Gasteiger partial charge in [0.2, 0.25) is 0 Å². The van der Waals surface area contributed by atoms with Crippen LogP contribution in [-0.4, -0.2) is 40.9 Å². The molecule has 0 N–H and O–H groups in total. The van der Waals surface area contributed by atoms with E-state index >= 15 is 0 Å². The van der Waals surface area contributed by atoms with Crippen LogP contribution in [-0.2, 0) is 25.6 Å². The lowest BCUT2D eigenvalue weighted by Crippen LogP contribution is -2.46. The van der Waals surface area contributed by atoms with Crippen LogP contribution < -0.4 is 9.80 Å². The first-order chi connectivity index (χ1) is 14.7. The van der Waals surface area contributed by atoms with Crippen LogP contribution in [0.5, 0.6) is 0 Å². The van der Waals surface area contributed by atoms with Crippen LogP contribution >= 0.6 is 0 Å². The molecule has 4 rings (SSSR count). The van der Waals surface area contributed by atoms with Crippen molar-refractivity contribution in [2.75, 3.05) is 23.0 Å². The number of hydrogen-bond donors (Lipinski definition) is 0. The second kappa shape index (κ2) is 8.17. The Hall–Kier alpha value is -3.16. The highest BCUT2D eigenvalue weighted by atomic mass is 16.7. The summed E-state index contributed by atoms with van der Waals surface area (Å²) in [6.07, 6.45) is 1.01. The van der Waals surface area contributed by atoms with Crippen LogP contribution in [0.15, 0.2) is 30.3 Å². The van der Waals surface area contributed by atoms with Gasteiger partial charge in [0.15, 0.2) is 11.7 Å². The molecule has 1 aromatic carbocycles. The number of carbonyl (C=O) groups excluding carboxylic acids is 2. The first-order valence-corrected chi connectivity index (χ1v) is 10.6. The minimum atomic E-state index is -1.19. The summed E-state index contributed by atoms with van der Waals surface area (Å²) in [4.78, 5) is 38.2. The van der Waals surface area contributed by atoms with Gasteiger partial charge in [-0.25, -0.2) is 9.97 Å². The lowest BCUT2D eigenvalue weighted by Gasteiger charge is -2.33. The highest BCUT2D eigenvalue weighted by molar-refractivity contribution is 5.96. The van der Waals surface area contributed by atoms with Crippen molar-refractivity contribution in [3.05, 3.63) is 47.4 Å². The number of anilines is 2. The van der Waals surface area contributed by atoms with Gasteiger partial charge in [-0.1, -0.05) is 30.3 Å². The molecule has 8 heteroatoms. The molecule has 0 bridgehead atoms. The van der Waals surface area contributed by atoms with Crippen molar-refractivity contribution in [2.45, 2.75) is 52.9 Å². The number of aryl methyl sites for hydroxylation is 2. The minimum Gasteiger partial charge on any atom is -0.422 e. The van der Waals surface area contributed by atoms with Gasteiger partial charge in [0.1, 0.15) is 11.5 Å². The quantitative estimate of drug-likeness (QED) is 0.517. The first-order valence-electron chi connectivity index (χ1n) is 10.6. The van der Waals surface area contributed by atoms with E-state index in [2.05, 4.69) is 26.9 Å². The van der Waals surface area contributed by atoms with Crippen molar-refractivity contribution in [1.29, 1.82) is 0 Å². The molecular weight excluding hydrogens is 396 g/mol. The summed E-state index contributed by atoms with van der Waals surface area (Å²) in [5.41, 5.74) is 3.20. The third kappa shape index (κ3) is 4.47. The van der Waals surface area contributed by atoms with E-state index in [1.807, 2.05) is 32.0 Å². The maximum atomic E-state index is 12.2. The maximum absolute atomic E-state index is 12.2. The van der Waals surface area contributed by atoms with Gasteiger partial charge in [-0.05, 0) is 32.3 Å². The summed E-state index contributed by atoms with van der Waals surface area (Å²) in [5, 5.41) is 0. The van der Waals surface area contributed by atoms with Crippen molar-refractivity contribution >= 4 is 23.4 Å². The van der Waals surface area contributed by atoms with Crippen LogP contribution in [0, 0.1) is 19.8 Å².